The first-order valence-electron chi connectivity index (χ1n) is 19.5. The first-order valence-corrected chi connectivity index (χ1v) is 20.3. The van der Waals surface area contributed by atoms with Gasteiger partial charge in [0.1, 0.15) is 16.8 Å². The number of carbonyl (C=O) groups is 3. The van der Waals surface area contributed by atoms with Crippen molar-refractivity contribution in [3.05, 3.63) is 84.1 Å². The van der Waals surface area contributed by atoms with Crippen LogP contribution in [0, 0.1) is 0 Å². The molecule has 3 aromatic carbocycles. The Labute approximate surface area is 325 Å². The number of ether oxygens (including phenoxy) is 2. The van der Waals surface area contributed by atoms with Crippen molar-refractivity contribution in [2.24, 2.45) is 0 Å². The highest BCUT2D eigenvalue weighted by atomic mass is 32.1. The van der Waals surface area contributed by atoms with Crippen LogP contribution in [0.3, 0.4) is 0 Å². The highest BCUT2D eigenvalue weighted by Gasteiger charge is 2.44. The van der Waals surface area contributed by atoms with E-state index in [-0.39, 0.29) is 17.9 Å². The van der Waals surface area contributed by atoms with Gasteiger partial charge in [-0.2, -0.15) is 0 Å². The number of rotatable bonds is 10. The first kappa shape index (κ1) is 35.9. The minimum atomic E-state index is -0.795. The van der Waals surface area contributed by atoms with E-state index in [1.54, 1.807) is 24.5 Å². The molecule has 6 heterocycles. The van der Waals surface area contributed by atoms with Crippen molar-refractivity contribution in [1.82, 2.24) is 25.0 Å². The average molecular weight is 762 g/mol. The largest absolute Gasteiger partial charge is 0.497 e. The third-order valence-electron chi connectivity index (χ3n) is 11.8. The van der Waals surface area contributed by atoms with Crippen molar-refractivity contribution in [2.75, 3.05) is 82.4 Å². The highest BCUT2D eigenvalue weighted by molar-refractivity contribution is 7.21. The normalized spacial score (nSPS) is 21.7. The second-order valence-electron chi connectivity index (χ2n) is 15.3. The Kier molecular flexibility index (Phi) is 9.79. The Morgan fingerprint density at radius 2 is 1.49 bits per heavy atom. The maximum atomic E-state index is 13.4. The van der Waals surface area contributed by atoms with Crippen molar-refractivity contribution in [1.29, 1.82) is 0 Å². The second-order valence-corrected chi connectivity index (χ2v) is 16.3. The number of nitrogens with one attached hydrogen (secondary N) is 1. The van der Waals surface area contributed by atoms with Crippen molar-refractivity contribution >= 4 is 50.6 Å². The number of aromatic nitrogens is 1. The number of hydrogen-bond donors (Lipinski definition) is 1. The van der Waals surface area contributed by atoms with Crippen LogP contribution in [0.15, 0.2) is 72.9 Å². The summed E-state index contributed by atoms with van der Waals surface area (Å²) in [5, 5.41) is 3.72. The number of carbonyl (C=O) groups excluding carboxylic acids is 3. The van der Waals surface area contributed by atoms with Crippen LogP contribution in [0.25, 0.3) is 20.8 Å². The van der Waals surface area contributed by atoms with Crippen LogP contribution in [-0.4, -0.2) is 128 Å². The summed E-state index contributed by atoms with van der Waals surface area (Å²) in [5.41, 5.74) is 5.68. The molecule has 0 bridgehead atoms. The number of likely N-dealkylation sites (tertiary alicyclic amines) is 1. The molecule has 1 unspecified atom stereocenters. The lowest BCUT2D eigenvalue weighted by molar-refractivity contribution is -0.125. The molecule has 5 aliphatic rings. The lowest BCUT2D eigenvalue weighted by atomic mass is 10.0. The molecule has 9 rings (SSSR count). The summed E-state index contributed by atoms with van der Waals surface area (Å²) in [5.74, 6) is -0.270. The van der Waals surface area contributed by atoms with Crippen LogP contribution < -0.4 is 19.9 Å². The molecule has 0 aliphatic carbocycles. The molecule has 286 valence electrons. The zero-order chi connectivity index (χ0) is 37.6. The van der Waals surface area contributed by atoms with Gasteiger partial charge in [0.15, 0.2) is 0 Å². The molecule has 1 atom stereocenters. The van der Waals surface area contributed by atoms with Crippen molar-refractivity contribution in [3.63, 3.8) is 0 Å². The van der Waals surface area contributed by atoms with Gasteiger partial charge >= 0.3 is 0 Å². The van der Waals surface area contributed by atoms with E-state index in [2.05, 4.69) is 55.8 Å². The Morgan fingerprint density at radius 1 is 0.782 bits per heavy atom. The Morgan fingerprint density at radius 3 is 2.22 bits per heavy atom. The predicted octanol–water partition coefficient (Wildman–Crippen LogP) is 4.85. The minimum Gasteiger partial charge on any atom is -0.497 e. The molecule has 4 aromatic rings. The minimum absolute atomic E-state index is 0.286. The smallest absolute Gasteiger partial charge is 0.262 e. The van der Waals surface area contributed by atoms with E-state index in [0.29, 0.717) is 35.8 Å². The van der Waals surface area contributed by atoms with E-state index < -0.39 is 11.9 Å². The number of piperazine rings is 1. The van der Waals surface area contributed by atoms with Gasteiger partial charge in [0.05, 0.1) is 40.7 Å². The molecular weight excluding hydrogens is 715 g/mol. The lowest BCUT2D eigenvalue weighted by Gasteiger charge is -2.44. The molecule has 3 amide bonds. The van der Waals surface area contributed by atoms with E-state index in [1.165, 1.54) is 5.69 Å². The van der Waals surface area contributed by atoms with E-state index in [4.69, 9.17) is 14.5 Å². The van der Waals surface area contributed by atoms with Crippen LogP contribution >= 0.6 is 11.3 Å². The SMILES string of the molecule is C=C1CCC(N2C(=O)c3ccc(N4CCN(CCN5CCC(OC6CN(c7ccc(-c8nc9ccc(OC)cc9s8)cc7)C6)CC5)CC4)cc3C2=O)C(=O)N1. The van der Waals surface area contributed by atoms with E-state index in [9.17, 15) is 14.4 Å². The topological polar surface area (TPSA) is 111 Å². The van der Waals surface area contributed by atoms with Gasteiger partial charge in [-0.15, -0.1) is 11.3 Å². The maximum absolute atomic E-state index is 13.4. The van der Waals surface area contributed by atoms with Gasteiger partial charge in [-0.1, -0.05) is 6.58 Å². The van der Waals surface area contributed by atoms with Crippen LogP contribution in [0.1, 0.15) is 46.4 Å². The third kappa shape index (κ3) is 7.21. The Balaban J connectivity index is 0.684. The molecule has 4 saturated heterocycles. The summed E-state index contributed by atoms with van der Waals surface area (Å²) >= 11 is 1.69. The molecule has 13 heteroatoms. The van der Waals surface area contributed by atoms with Gasteiger partial charge in [0, 0.05) is 88.1 Å². The van der Waals surface area contributed by atoms with Crippen LogP contribution in [-0.2, 0) is 9.53 Å². The molecule has 1 N–H and O–H groups in total. The van der Waals surface area contributed by atoms with Crippen molar-refractivity contribution < 1.29 is 23.9 Å². The fourth-order valence-corrected chi connectivity index (χ4v) is 9.49. The molecule has 0 saturated carbocycles. The monoisotopic (exact) mass is 761 g/mol. The first-order chi connectivity index (χ1) is 26.8. The fourth-order valence-electron chi connectivity index (χ4n) is 8.49. The van der Waals surface area contributed by atoms with Crippen LogP contribution in [0.4, 0.5) is 11.4 Å². The number of benzene rings is 3. The Hall–Kier alpha value is -4.82. The molecular formula is C42H47N7O5S. The highest BCUT2D eigenvalue weighted by Crippen LogP contribution is 2.35. The number of hydrogen-bond acceptors (Lipinski definition) is 11. The van der Waals surface area contributed by atoms with Gasteiger partial charge in [0.2, 0.25) is 5.91 Å². The molecule has 4 fully saturated rings. The summed E-state index contributed by atoms with van der Waals surface area (Å²) in [6.07, 6.45) is 3.71. The summed E-state index contributed by atoms with van der Waals surface area (Å²) in [4.78, 5) is 54.8. The number of amides is 3. The number of anilines is 2. The fraction of sp³-hybridized carbons (Fsp3) is 0.429. The second kappa shape index (κ2) is 15.0. The molecule has 55 heavy (non-hydrogen) atoms. The number of fused-ring (bicyclic) bond motifs is 2. The van der Waals surface area contributed by atoms with Gasteiger partial charge in [0.25, 0.3) is 11.8 Å². The van der Waals surface area contributed by atoms with E-state index in [1.807, 2.05) is 30.3 Å². The van der Waals surface area contributed by atoms with Gasteiger partial charge in [-0.25, -0.2) is 4.98 Å². The predicted molar refractivity (Wildman–Crippen MR) is 214 cm³/mol. The molecule has 0 spiro atoms. The maximum Gasteiger partial charge on any atom is 0.262 e. The quantitative estimate of drug-likeness (QED) is 0.225. The summed E-state index contributed by atoms with van der Waals surface area (Å²) in [6.45, 7) is 13.5. The average Bonchev–Trinajstić information content (AvgIpc) is 3.73. The summed E-state index contributed by atoms with van der Waals surface area (Å²) < 4.78 is 13.0. The van der Waals surface area contributed by atoms with Crippen LogP contribution in [0.2, 0.25) is 0 Å². The lowest BCUT2D eigenvalue weighted by Crippen LogP contribution is -2.54. The standard InChI is InChI=1S/C42H47N7O5S/c1-27-3-12-37(39(50)43-27)49-41(51)34-10-8-30(23-35(34)42(49)52)47-21-19-46(20-22-47)18-17-45-15-13-31(14-16-45)54-33-25-48(26-33)29-6-4-28(5-7-29)40-44-36-11-9-32(53-2)24-38(36)55-40/h4-11,23-24,31,33,37H,1,3,12-22,25-26H2,2H3,(H,43,50). The third-order valence-corrected chi connectivity index (χ3v) is 12.9. The van der Waals surface area contributed by atoms with E-state index >= 15 is 0 Å². The van der Waals surface area contributed by atoms with E-state index in [0.717, 1.165) is 115 Å². The number of allylic oxidation sites excluding steroid dienone is 1. The number of thiazole rings is 1. The zero-order valence-electron chi connectivity index (χ0n) is 31.2. The molecule has 1 aromatic heterocycles. The van der Waals surface area contributed by atoms with Gasteiger partial charge in [-0.05, 0) is 86.3 Å². The number of piperidine rings is 2. The van der Waals surface area contributed by atoms with Crippen molar-refractivity contribution in [2.45, 2.75) is 43.9 Å². The zero-order valence-corrected chi connectivity index (χ0v) is 32.1. The number of nitrogens with zero attached hydrogens (tertiary/aromatic N) is 6. The Bertz CT molecular complexity index is 2120. The summed E-state index contributed by atoms with van der Waals surface area (Å²) in [6, 6.07) is 19.5. The molecule has 12 nitrogen and oxygen atoms in total. The van der Waals surface area contributed by atoms with Crippen molar-refractivity contribution in [3.8, 4) is 16.3 Å². The number of imide groups is 1. The summed E-state index contributed by atoms with van der Waals surface area (Å²) in [7, 11) is 1.69. The van der Waals surface area contributed by atoms with Crippen LogP contribution in [0.5, 0.6) is 5.75 Å². The number of methoxy groups -OCH3 is 1. The molecule has 5 aliphatic heterocycles. The van der Waals surface area contributed by atoms with Gasteiger partial charge in [-0.3, -0.25) is 24.2 Å². The molecule has 0 radical (unpaired) electrons. The van der Waals surface area contributed by atoms with Gasteiger partial charge < -0.3 is 29.5 Å².